The Morgan fingerprint density at radius 2 is 2.08 bits per heavy atom. The minimum Gasteiger partial charge on any atom is -0.377 e. The van der Waals surface area contributed by atoms with Crippen LogP contribution in [-0.4, -0.2) is 17.7 Å². The number of aliphatic hydroxyl groups excluding tert-OH is 1. The Labute approximate surface area is 74.2 Å². The molecule has 0 aromatic carbocycles. The van der Waals surface area contributed by atoms with Crippen LogP contribution in [0.15, 0.2) is 0 Å². The summed E-state index contributed by atoms with van der Waals surface area (Å²) >= 11 is 0. The van der Waals surface area contributed by atoms with Gasteiger partial charge in [-0.05, 0) is 11.8 Å². The van der Waals surface area contributed by atoms with Crippen LogP contribution in [-0.2, 0) is 4.79 Å². The van der Waals surface area contributed by atoms with Crippen LogP contribution in [0.25, 0.3) is 0 Å². The monoisotopic (exact) mass is 173 g/mol. The van der Waals surface area contributed by atoms with Gasteiger partial charge in [0.2, 0.25) is 5.91 Å². The number of aliphatic hydroxyl groups is 1. The van der Waals surface area contributed by atoms with E-state index in [-0.39, 0.29) is 18.1 Å². The largest absolute Gasteiger partial charge is 0.377 e. The molecule has 12 heavy (non-hydrogen) atoms. The molecule has 3 heteroatoms. The second-order valence-electron chi connectivity index (χ2n) is 3.78. The van der Waals surface area contributed by atoms with Crippen LogP contribution >= 0.6 is 0 Å². The Balaban J connectivity index is 3.60. The van der Waals surface area contributed by atoms with Crippen LogP contribution in [0.5, 0.6) is 0 Å². The van der Waals surface area contributed by atoms with Crippen molar-refractivity contribution in [3.63, 3.8) is 0 Å². The summed E-state index contributed by atoms with van der Waals surface area (Å²) in [5, 5.41) is 10.8. The van der Waals surface area contributed by atoms with Crippen LogP contribution in [0.1, 0.15) is 40.0 Å². The minimum absolute atomic E-state index is 0.0703. The van der Waals surface area contributed by atoms with Gasteiger partial charge < -0.3 is 10.4 Å². The third kappa shape index (κ3) is 5.13. The molecule has 0 aromatic heterocycles. The molecular weight excluding hydrogens is 154 g/mol. The molecule has 0 aliphatic rings. The molecular formula is C9H19NO2. The van der Waals surface area contributed by atoms with E-state index in [0.29, 0.717) is 6.42 Å². The van der Waals surface area contributed by atoms with E-state index >= 15 is 0 Å². The molecule has 0 bridgehead atoms. The maximum atomic E-state index is 10.9. The molecule has 0 saturated heterocycles. The molecule has 1 amide bonds. The Hall–Kier alpha value is -0.570. The van der Waals surface area contributed by atoms with E-state index in [1.165, 1.54) is 0 Å². The third-order valence-corrected chi connectivity index (χ3v) is 2.26. The molecule has 0 rings (SSSR count). The Bertz CT molecular complexity index is 143. The van der Waals surface area contributed by atoms with Crippen molar-refractivity contribution in [1.82, 2.24) is 5.32 Å². The Kier molecular flexibility index (Phi) is 4.90. The lowest BCUT2D eigenvalue weighted by molar-refractivity contribution is -0.122. The first-order valence-electron chi connectivity index (χ1n) is 4.39. The van der Waals surface area contributed by atoms with E-state index in [0.717, 1.165) is 12.8 Å². The van der Waals surface area contributed by atoms with Gasteiger partial charge in [0.05, 0.1) is 0 Å². The summed E-state index contributed by atoms with van der Waals surface area (Å²) in [6, 6.07) is 0. The number of carbonyl (C=O) groups is 1. The van der Waals surface area contributed by atoms with Crippen molar-refractivity contribution in [3.05, 3.63) is 0 Å². The van der Waals surface area contributed by atoms with Crippen LogP contribution < -0.4 is 5.32 Å². The molecule has 0 radical (unpaired) electrons. The molecule has 2 N–H and O–H groups in total. The number of amides is 1. The lowest BCUT2D eigenvalue weighted by Gasteiger charge is -2.21. The quantitative estimate of drug-likeness (QED) is 0.615. The molecule has 0 fully saturated rings. The maximum absolute atomic E-state index is 10.9. The van der Waals surface area contributed by atoms with Gasteiger partial charge in [-0.2, -0.15) is 0 Å². The lowest BCUT2D eigenvalue weighted by atomic mass is 9.85. The van der Waals surface area contributed by atoms with Gasteiger partial charge in [-0.1, -0.05) is 27.2 Å². The van der Waals surface area contributed by atoms with Crippen molar-refractivity contribution in [2.45, 2.75) is 40.0 Å². The van der Waals surface area contributed by atoms with E-state index in [2.05, 4.69) is 26.1 Å². The van der Waals surface area contributed by atoms with Gasteiger partial charge in [0, 0.05) is 6.42 Å². The molecule has 0 aliphatic carbocycles. The number of hydrogen-bond donors (Lipinski definition) is 2. The Morgan fingerprint density at radius 1 is 1.50 bits per heavy atom. The van der Waals surface area contributed by atoms with Gasteiger partial charge in [-0.3, -0.25) is 4.79 Å². The number of hydrogen-bond acceptors (Lipinski definition) is 2. The highest BCUT2D eigenvalue weighted by Crippen LogP contribution is 2.25. The zero-order chi connectivity index (χ0) is 9.61. The smallest absolute Gasteiger partial charge is 0.221 e. The van der Waals surface area contributed by atoms with Crippen LogP contribution in [0, 0.1) is 5.41 Å². The highest BCUT2D eigenvalue weighted by Gasteiger charge is 2.16. The average molecular weight is 173 g/mol. The zero-order valence-electron chi connectivity index (χ0n) is 8.18. The van der Waals surface area contributed by atoms with Crippen LogP contribution in [0.2, 0.25) is 0 Å². The number of nitrogens with one attached hydrogen (secondary N) is 1. The average Bonchev–Trinajstić information content (AvgIpc) is 2.02. The first kappa shape index (κ1) is 11.4. The standard InChI is InChI=1S/C9H19NO2/c1-4-9(2,3)6-5-8(12)10-7-11/h11H,4-7H2,1-3H3,(H,10,12). The molecule has 3 nitrogen and oxygen atoms in total. The zero-order valence-corrected chi connectivity index (χ0v) is 8.18. The second-order valence-corrected chi connectivity index (χ2v) is 3.78. The van der Waals surface area contributed by atoms with Crippen molar-refractivity contribution in [1.29, 1.82) is 0 Å². The summed E-state index contributed by atoms with van der Waals surface area (Å²) in [5.41, 5.74) is 0.229. The van der Waals surface area contributed by atoms with Crippen molar-refractivity contribution in [2.75, 3.05) is 6.73 Å². The highest BCUT2D eigenvalue weighted by molar-refractivity contribution is 5.75. The molecule has 0 unspecified atom stereocenters. The predicted octanol–water partition coefficient (Wildman–Crippen LogP) is 1.27. The summed E-state index contributed by atoms with van der Waals surface area (Å²) in [4.78, 5) is 10.9. The summed E-state index contributed by atoms with van der Waals surface area (Å²) in [5.74, 6) is -0.0703. The van der Waals surface area contributed by atoms with Crippen molar-refractivity contribution in [2.24, 2.45) is 5.41 Å². The molecule has 0 heterocycles. The summed E-state index contributed by atoms with van der Waals surface area (Å²) in [6.07, 6.45) is 2.44. The first-order chi connectivity index (χ1) is 5.52. The predicted molar refractivity (Wildman–Crippen MR) is 48.5 cm³/mol. The SMILES string of the molecule is CCC(C)(C)CCC(=O)NCO. The summed E-state index contributed by atoms with van der Waals surface area (Å²) in [7, 11) is 0. The van der Waals surface area contributed by atoms with Crippen LogP contribution in [0.3, 0.4) is 0 Å². The number of carbonyl (C=O) groups excluding carboxylic acids is 1. The topological polar surface area (TPSA) is 49.3 Å². The van der Waals surface area contributed by atoms with Crippen LogP contribution in [0.4, 0.5) is 0 Å². The van der Waals surface area contributed by atoms with E-state index in [9.17, 15) is 4.79 Å². The van der Waals surface area contributed by atoms with Gasteiger partial charge in [0.25, 0.3) is 0 Å². The summed E-state index contributed by atoms with van der Waals surface area (Å²) < 4.78 is 0. The van der Waals surface area contributed by atoms with E-state index in [1.807, 2.05) is 0 Å². The summed E-state index contributed by atoms with van der Waals surface area (Å²) in [6.45, 7) is 6.13. The van der Waals surface area contributed by atoms with Gasteiger partial charge in [-0.25, -0.2) is 0 Å². The molecule has 0 aliphatic heterocycles. The Morgan fingerprint density at radius 3 is 2.50 bits per heavy atom. The third-order valence-electron chi connectivity index (χ3n) is 2.26. The van der Waals surface area contributed by atoms with Gasteiger partial charge in [-0.15, -0.1) is 0 Å². The maximum Gasteiger partial charge on any atom is 0.221 e. The minimum atomic E-state index is -0.259. The molecule has 72 valence electrons. The van der Waals surface area contributed by atoms with Crippen molar-refractivity contribution >= 4 is 5.91 Å². The van der Waals surface area contributed by atoms with Crippen molar-refractivity contribution in [3.8, 4) is 0 Å². The van der Waals surface area contributed by atoms with Gasteiger partial charge in [0.15, 0.2) is 0 Å². The fraction of sp³-hybridized carbons (Fsp3) is 0.889. The molecule has 0 saturated carbocycles. The molecule has 0 aromatic rings. The fourth-order valence-corrected chi connectivity index (χ4v) is 0.805. The van der Waals surface area contributed by atoms with Gasteiger partial charge in [0.1, 0.15) is 6.73 Å². The van der Waals surface area contributed by atoms with E-state index in [4.69, 9.17) is 5.11 Å². The van der Waals surface area contributed by atoms with Gasteiger partial charge >= 0.3 is 0 Å². The van der Waals surface area contributed by atoms with Crippen molar-refractivity contribution < 1.29 is 9.90 Å². The molecule has 0 atom stereocenters. The lowest BCUT2D eigenvalue weighted by Crippen LogP contribution is -2.25. The normalized spacial score (nSPS) is 11.3. The molecule has 0 spiro atoms. The van der Waals surface area contributed by atoms with E-state index < -0.39 is 0 Å². The van der Waals surface area contributed by atoms with E-state index in [1.54, 1.807) is 0 Å². The number of rotatable bonds is 5. The second kappa shape index (κ2) is 5.14. The first-order valence-corrected chi connectivity index (χ1v) is 4.39. The fourth-order valence-electron chi connectivity index (χ4n) is 0.805. The highest BCUT2D eigenvalue weighted by atomic mass is 16.3.